The zero-order chi connectivity index (χ0) is 14.9. The van der Waals surface area contributed by atoms with Gasteiger partial charge < -0.3 is 5.32 Å². The Morgan fingerprint density at radius 1 is 1.00 bits per heavy atom. The van der Waals surface area contributed by atoms with E-state index in [0.29, 0.717) is 5.69 Å². The van der Waals surface area contributed by atoms with Crippen molar-refractivity contribution in [3.05, 3.63) is 62.9 Å². The van der Waals surface area contributed by atoms with Gasteiger partial charge in [-0.1, -0.05) is 28.1 Å². The fourth-order valence-corrected chi connectivity index (χ4v) is 2.70. The third kappa shape index (κ3) is 3.21. The minimum absolute atomic E-state index is 0.0602. The molecule has 0 saturated carbocycles. The molecule has 0 aliphatic heterocycles. The zero-order valence-electron chi connectivity index (χ0n) is 12.2. The quantitative estimate of drug-likeness (QED) is 0.760. The van der Waals surface area contributed by atoms with Crippen LogP contribution in [-0.4, -0.2) is 0 Å². The molecule has 0 aliphatic rings. The van der Waals surface area contributed by atoms with Crippen LogP contribution < -0.4 is 5.32 Å². The van der Waals surface area contributed by atoms with Crippen molar-refractivity contribution in [3.63, 3.8) is 0 Å². The van der Waals surface area contributed by atoms with Gasteiger partial charge in [-0.05, 0) is 68.1 Å². The highest BCUT2D eigenvalue weighted by Crippen LogP contribution is 2.27. The molecule has 0 spiro atoms. The van der Waals surface area contributed by atoms with Crippen LogP contribution in [0.4, 0.5) is 10.1 Å². The normalized spacial score (nSPS) is 12.3. The number of halogens is 2. The first-order chi connectivity index (χ1) is 9.38. The Kier molecular flexibility index (Phi) is 4.48. The van der Waals surface area contributed by atoms with Crippen LogP contribution in [0.25, 0.3) is 0 Å². The Morgan fingerprint density at radius 2 is 1.65 bits per heavy atom. The van der Waals surface area contributed by atoms with E-state index in [4.69, 9.17) is 0 Å². The van der Waals surface area contributed by atoms with Gasteiger partial charge in [-0.3, -0.25) is 0 Å². The summed E-state index contributed by atoms with van der Waals surface area (Å²) in [5.74, 6) is -0.243. The van der Waals surface area contributed by atoms with Crippen LogP contribution in [-0.2, 0) is 0 Å². The summed E-state index contributed by atoms with van der Waals surface area (Å²) in [6, 6.07) is 9.49. The van der Waals surface area contributed by atoms with Crippen molar-refractivity contribution >= 4 is 21.6 Å². The van der Waals surface area contributed by atoms with Gasteiger partial charge in [0, 0.05) is 10.5 Å². The first kappa shape index (κ1) is 15.0. The molecule has 0 amide bonds. The molecular formula is C17H19BrFN. The molecule has 0 bridgehead atoms. The van der Waals surface area contributed by atoms with Gasteiger partial charge in [0.2, 0.25) is 0 Å². The summed E-state index contributed by atoms with van der Waals surface area (Å²) in [7, 11) is 0. The molecule has 3 heteroatoms. The number of benzene rings is 2. The van der Waals surface area contributed by atoms with Crippen LogP contribution in [0.3, 0.4) is 0 Å². The van der Waals surface area contributed by atoms with Gasteiger partial charge in [0.25, 0.3) is 0 Å². The Bertz CT molecular complexity index is 637. The average Bonchev–Trinajstić information content (AvgIpc) is 2.37. The molecule has 0 saturated heterocycles. The van der Waals surface area contributed by atoms with Gasteiger partial charge in [-0.15, -0.1) is 0 Å². The Morgan fingerprint density at radius 3 is 2.30 bits per heavy atom. The third-order valence-corrected chi connectivity index (χ3v) is 4.15. The predicted octanol–water partition coefficient (Wildman–Crippen LogP) is 5.69. The smallest absolute Gasteiger partial charge is 0.147 e. The van der Waals surface area contributed by atoms with E-state index in [1.807, 2.05) is 6.07 Å². The molecule has 2 aromatic rings. The second-order valence-corrected chi connectivity index (χ2v) is 6.20. The van der Waals surface area contributed by atoms with Crippen LogP contribution in [0.1, 0.15) is 35.2 Å². The maximum absolute atomic E-state index is 13.9. The van der Waals surface area contributed by atoms with Gasteiger partial charge in [0.15, 0.2) is 0 Å². The van der Waals surface area contributed by atoms with E-state index in [1.54, 1.807) is 6.07 Å². The van der Waals surface area contributed by atoms with Crippen molar-refractivity contribution in [2.75, 3.05) is 5.32 Å². The summed E-state index contributed by atoms with van der Waals surface area (Å²) < 4.78 is 14.6. The van der Waals surface area contributed by atoms with Crippen molar-refractivity contribution in [2.24, 2.45) is 0 Å². The van der Waals surface area contributed by atoms with Crippen LogP contribution in [0, 0.1) is 26.6 Å². The highest BCUT2D eigenvalue weighted by Gasteiger charge is 2.12. The highest BCUT2D eigenvalue weighted by molar-refractivity contribution is 9.10. The van der Waals surface area contributed by atoms with Gasteiger partial charge in [-0.25, -0.2) is 4.39 Å². The second-order valence-electron chi connectivity index (χ2n) is 5.28. The Labute approximate surface area is 128 Å². The summed E-state index contributed by atoms with van der Waals surface area (Å²) >= 11 is 3.27. The summed E-state index contributed by atoms with van der Waals surface area (Å²) in [5, 5.41) is 3.25. The van der Waals surface area contributed by atoms with Crippen LogP contribution >= 0.6 is 15.9 Å². The maximum Gasteiger partial charge on any atom is 0.147 e. The Balaban J connectivity index is 2.28. The molecule has 1 unspecified atom stereocenters. The molecule has 0 fully saturated rings. The minimum Gasteiger partial charge on any atom is -0.376 e. The van der Waals surface area contributed by atoms with Crippen LogP contribution in [0.2, 0.25) is 0 Å². The molecule has 0 aliphatic carbocycles. The number of rotatable bonds is 3. The van der Waals surface area contributed by atoms with E-state index in [2.05, 4.69) is 61.1 Å². The molecular weight excluding hydrogens is 317 g/mol. The largest absolute Gasteiger partial charge is 0.376 e. The SMILES string of the molecule is Cc1cc(C)c(C(C)Nc2ccc(Br)cc2F)cc1C. The second kappa shape index (κ2) is 5.96. The van der Waals surface area contributed by atoms with E-state index in [9.17, 15) is 4.39 Å². The van der Waals surface area contributed by atoms with Crippen molar-refractivity contribution in [1.82, 2.24) is 0 Å². The number of hydrogen-bond acceptors (Lipinski definition) is 1. The summed E-state index contributed by atoms with van der Waals surface area (Å²) in [5.41, 5.74) is 5.50. The number of hydrogen-bond donors (Lipinski definition) is 1. The molecule has 106 valence electrons. The monoisotopic (exact) mass is 335 g/mol. The number of nitrogens with one attached hydrogen (secondary N) is 1. The van der Waals surface area contributed by atoms with Crippen molar-refractivity contribution < 1.29 is 4.39 Å². The number of aryl methyl sites for hydroxylation is 3. The molecule has 2 aromatic carbocycles. The first-order valence-electron chi connectivity index (χ1n) is 6.68. The molecule has 0 aromatic heterocycles. The lowest BCUT2D eigenvalue weighted by molar-refractivity contribution is 0.626. The summed E-state index contributed by atoms with van der Waals surface area (Å²) in [6.45, 7) is 8.36. The number of anilines is 1. The topological polar surface area (TPSA) is 12.0 Å². The molecule has 20 heavy (non-hydrogen) atoms. The van der Waals surface area contributed by atoms with Gasteiger partial charge >= 0.3 is 0 Å². The third-order valence-electron chi connectivity index (χ3n) is 3.65. The average molecular weight is 336 g/mol. The molecule has 0 radical (unpaired) electrons. The van der Waals surface area contributed by atoms with Crippen molar-refractivity contribution in [2.45, 2.75) is 33.7 Å². The molecule has 1 atom stereocenters. The van der Waals surface area contributed by atoms with E-state index < -0.39 is 0 Å². The zero-order valence-corrected chi connectivity index (χ0v) is 13.8. The molecule has 2 rings (SSSR count). The lowest BCUT2D eigenvalue weighted by Gasteiger charge is -2.20. The standard InChI is InChI=1S/C17H19BrFN/c1-10-7-12(3)15(8-11(10)2)13(4)20-17-6-5-14(18)9-16(17)19/h5-9,13,20H,1-4H3. The van der Waals surface area contributed by atoms with Gasteiger partial charge in [0.05, 0.1) is 5.69 Å². The van der Waals surface area contributed by atoms with Crippen molar-refractivity contribution in [3.8, 4) is 0 Å². The fraction of sp³-hybridized carbons (Fsp3) is 0.294. The van der Waals surface area contributed by atoms with E-state index in [-0.39, 0.29) is 11.9 Å². The van der Waals surface area contributed by atoms with Crippen LogP contribution in [0.5, 0.6) is 0 Å². The lowest BCUT2D eigenvalue weighted by Crippen LogP contribution is -2.10. The lowest BCUT2D eigenvalue weighted by atomic mass is 9.96. The minimum atomic E-state index is -0.243. The maximum atomic E-state index is 13.9. The molecule has 0 heterocycles. The summed E-state index contributed by atoms with van der Waals surface area (Å²) in [6.07, 6.45) is 0. The van der Waals surface area contributed by atoms with E-state index in [1.165, 1.54) is 28.3 Å². The van der Waals surface area contributed by atoms with Crippen LogP contribution in [0.15, 0.2) is 34.8 Å². The van der Waals surface area contributed by atoms with Crippen molar-refractivity contribution in [1.29, 1.82) is 0 Å². The van der Waals surface area contributed by atoms with E-state index >= 15 is 0 Å². The molecule has 1 N–H and O–H groups in total. The predicted molar refractivity (Wildman–Crippen MR) is 86.8 cm³/mol. The molecule has 1 nitrogen and oxygen atoms in total. The summed E-state index contributed by atoms with van der Waals surface area (Å²) in [4.78, 5) is 0. The fourth-order valence-electron chi connectivity index (χ4n) is 2.37. The first-order valence-corrected chi connectivity index (χ1v) is 7.47. The van der Waals surface area contributed by atoms with E-state index in [0.717, 1.165) is 4.47 Å². The Hall–Kier alpha value is -1.35. The van der Waals surface area contributed by atoms with Gasteiger partial charge in [-0.2, -0.15) is 0 Å². The van der Waals surface area contributed by atoms with Gasteiger partial charge in [0.1, 0.15) is 5.82 Å². The highest BCUT2D eigenvalue weighted by atomic mass is 79.9.